The second kappa shape index (κ2) is 6.30. The Morgan fingerprint density at radius 2 is 2.00 bits per heavy atom. The van der Waals surface area contributed by atoms with Gasteiger partial charge in [0.1, 0.15) is 0 Å². The second-order valence-electron chi connectivity index (χ2n) is 7.82. The van der Waals surface area contributed by atoms with E-state index in [1.165, 1.54) is 4.90 Å². The van der Waals surface area contributed by atoms with E-state index in [1.807, 2.05) is 40.8 Å². The Kier molecular flexibility index (Phi) is 4.59. The molecule has 0 unspecified atom stereocenters. The van der Waals surface area contributed by atoms with Crippen molar-refractivity contribution in [3.05, 3.63) is 12.4 Å². The van der Waals surface area contributed by atoms with Crippen LogP contribution >= 0.6 is 0 Å². The van der Waals surface area contributed by atoms with Gasteiger partial charge in [-0.3, -0.25) is 4.68 Å². The highest BCUT2D eigenvalue weighted by Crippen LogP contribution is 2.36. The van der Waals surface area contributed by atoms with Crippen LogP contribution in [-0.4, -0.2) is 69.5 Å². The molecule has 25 heavy (non-hydrogen) atoms. The summed E-state index contributed by atoms with van der Waals surface area (Å²) in [6.07, 6.45) is 2.45. The van der Waals surface area contributed by atoms with Gasteiger partial charge in [0, 0.05) is 17.9 Å². The van der Waals surface area contributed by atoms with Gasteiger partial charge in [-0.15, -0.1) is 0 Å². The topological polar surface area (TPSA) is 86.1 Å². The van der Waals surface area contributed by atoms with E-state index in [1.54, 1.807) is 10.9 Å². The third-order valence-corrected chi connectivity index (χ3v) is 5.32. The SMILES string of the molecule is C[C@@H]1CO[C@@H](Cn2cc(B3OC(C)(C)C(C)(C)O3)cn2)CN1C(=O)O. The molecule has 3 rings (SSSR count). The number of rotatable bonds is 3. The third-order valence-electron chi connectivity index (χ3n) is 5.32. The summed E-state index contributed by atoms with van der Waals surface area (Å²) in [6.45, 7) is 11.1. The van der Waals surface area contributed by atoms with E-state index in [0.29, 0.717) is 19.7 Å². The molecule has 2 aliphatic heterocycles. The molecule has 2 saturated heterocycles. The number of carbonyl (C=O) groups is 1. The van der Waals surface area contributed by atoms with E-state index in [0.717, 1.165) is 5.46 Å². The van der Waals surface area contributed by atoms with Crippen molar-refractivity contribution in [1.82, 2.24) is 14.7 Å². The fourth-order valence-electron chi connectivity index (χ4n) is 2.98. The van der Waals surface area contributed by atoms with Crippen LogP contribution in [0.5, 0.6) is 0 Å². The molecular formula is C16H26BN3O5. The minimum absolute atomic E-state index is 0.133. The van der Waals surface area contributed by atoms with Gasteiger partial charge in [-0.05, 0) is 34.6 Å². The minimum atomic E-state index is -0.917. The maximum atomic E-state index is 11.3. The van der Waals surface area contributed by atoms with Gasteiger partial charge in [-0.2, -0.15) is 5.10 Å². The van der Waals surface area contributed by atoms with Crippen LogP contribution in [0.1, 0.15) is 34.6 Å². The Balaban J connectivity index is 1.64. The molecule has 2 atom stereocenters. The highest BCUT2D eigenvalue weighted by Gasteiger charge is 2.52. The predicted molar refractivity (Wildman–Crippen MR) is 91.9 cm³/mol. The Bertz CT molecular complexity index is 631. The van der Waals surface area contributed by atoms with Crippen LogP contribution in [0.2, 0.25) is 0 Å². The van der Waals surface area contributed by atoms with Gasteiger partial charge in [-0.1, -0.05) is 0 Å². The summed E-state index contributed by atoms with van der Waals surface area (Å²) in [7, 11) is -0.457. The van der Waals surface area contributed by atoms with E-state index in [4.69, 9.17) is 14.0 Å². The van der Waals surface area contributed by atoms with Crippen molar-refractivity contribution in [2.45, 2.75) is 64.5 Å². The summed E-state index contributed by atoms with van der Waals surface area (Å²) in [4.78, 5) is 12.7. The van der Waals surface area contributed by atoms with Crippen molar-refractivity contribution in [2.24, 2.45) is 0 Å². The van der Waals surface area contributed by atoms with Crippen molar-refractivity contribution >= 4 is 18.7 Å². The molecule has 1 N–H and O–H groups in total. The predicted octanol–water partition coefficient (Wildman–Crippen LogP) is 0.950. The maximum absolute atomic E-state index is 11.3. The number of aromatic nitrogens is 2. The molecule has 0 saturated carbocycles. The Hall–Kier alpha value is -1.58. The molecule has 0 aliphatic carbocycles. The van der Waals surface area contributed by atoms with Crippen molar-refractivity contribution in [3.63, 3.8) is 0 Å². The first kappa shape index (κ1) is 18.2. The Labute approximate surface area is 148 Å². The van der Waals surface area contributed by atoms with Crippen molar-refractivity contribution in [1.29, 1.82) is 0 Å². The number of hydrogen-bond acceptors (Lipinski definition) is 5. The van der Waals surface area contributed by atoms with Gasteiger partial charge in [0.15, 0.2) is 0 Å². The highest BCUT2D eigenvalue weighted by atomic mass is 16.7. The van der Waals surface area contributed by atoms with Gasteiger partial charge in [-0.25, -0.2) is 4.79 Å². The molecule has 0 bridgehead atoms. The number of carboxylic acid groups (broad SMARTS) is 1. The molecule has 1 aromatic rings. The lowest BCUT2D eigenvalue weighted by Crippen LogP contribution is -2.51. The Morgan fingerprint density at radius 3 is 2.60 bits per heavy atom. The lowest BCUT2D eigenvalue weighted by atomic mass is 9.82. The third kappa shape index (κ3) is 3.54. The fourth-order valence-corrected chi connectivity index (χ4v) is 2.98. The van der Waals surface area contributed by atoms with Crippen LogP contribution in [0.4, 0.5) is 4.79 Å². The van der Waals surface area contributed by atoms with E-state index in [2.05, 4.69) is 5.10 Å². The van der Waals surface area contributed by atoms with Crippen LogP contribution < -0.4 is 5.46 Å². The largest absolute Gasteiger partial charge is 0.498 e. The first-order chi connectivity index (χ1) is 11.6. The molecule has 0 aromatic carbocycles. The monoisotopic (exact) mass is 351 g/mol. The smallest absolute Gasteiger partial charge is 0.465 e. The molecule has 2 fully saturated rings. The Morgan fingerprint density at radius 1 is 1.36 bits per heavy atom. The van der Waals surface area contributed by atoms with Gasteiger partial charge >= 0.3 is 13.2 Å². The van der Waals surface area contributed by atoms with Crippen LogP contribution in [0.15, 0.2) is 12.4 Å². The van der Waals surface area contributed by atoms with Crippen molar-refractivity contribution in [2.75, 3.05) is 13.2 Å². The molecule has 3 heterocycles. The van der Waals surface area contributed by atoms with Crippen LogP contribution in [0.25, 0.3) is 0 Å². The average Bonchev–Trinajstić information content (AvgIpc) is 3.03. The minimum Gasteiger partial charge on any atom is -0.465 e. The normalized spacial score (nSPS) is 28.4. The zero-order valence-electron chi connectivity index (χ0n) is 15.4. The number of nitrogens with zero attached hydrogens (tertiary/aromatic N) is 3. The number of hydrogen-bond donors (Lipinski definition) is 1. The quantitative estimate of drug-likeness (QED) is 0.816. The van der Waals surface area contributed by atoms with Gasteiger partial charge in [0.25, 0.3) is 0 Å². The van der Waals surface area contributed by atoms with Gasteiger partial charge in [0.05, 0.1) is 43.0 Å². The molecule has 0 radical (unpaired) electrons. The second-order valence-corrected chi connectivity index (χ2v) is 7.82. The van der Waals surface area contributed by atoms with E-state index in [-0.39, 0.29) is 12.1 Å². The number of ether oxygens (including phenoxy) is 1. The van der Waals surface area contributed by atoms with E-state index < -0.39 is 24.4 Å². The summed E-state index contributed by atoms with van der Waals surface area (Å²) >= 11 is 0. The summed E-state index contributed by atoms with van der Waals surface area (Å²) < 4.78 is 19.5. The molecule has 0 spiro atoms. The zero-order chi connectivity index (χ0) is 18.4. The van der Waals surface area contributed by atoms with Crippen molar-refractivity contribution < 1.29 is 23.9 Å². The lowest BCUT2D eigenvalue weighted by Gasteiger charge is -2.36. The maximum Gasteiger partial charge on any atom is 0.498 e. The molecule has 9 heteroatoms. The molecule has 138 valence electrons. The standard InChI is InChI=1S/C16H26BN3O5/c1-11-10-23-13(9-20(11)14(21)22)8-19-7-12(6-18-19)17-24-15(2,3)16(4,5)25-17/h6-7,11,13H,8-10H2,1-5H3,(H,21,22)/t11-,13+/m1/s1. The van der Waals surface area contributed by atoms with Crippen LogP contribution in [-0.2, 0) is 20.6 Å². The van der Waals surface area contributed by atoms with E-state index >= 15 is 0 Å². The fraction of sp³-hybridized carbons (Fsp3) is 0.750. The molecular weight excluding hydrogens is 325 g/mol. The molecule has 1 amide bonds. The number of morpholine rings is 1. The zero-order valence-corrected chi connectivity index (χ0v) is 15.4. The number of amides is 1. The summed E-state index contributed by atoms with van der Waals surface area (Å²) in [5.74, 6) is 0. The van der Waals surface area contributed by atoms with E-state index in [9.17, 15) is 9.90 Å². The van der Waals surface area contributed by atoms with Gasteiger partial charge < -0.3 is 24.1 Å². The average molecular weight is 351 g/mol. The summed E-state index contributed by atoms with van der Waals surface area (Å²) in [5.41, 5.74) is 0.0484. The first-order valence-corrected chi connectivity index (χ1v) is 8.58. The van der Waals surface area contributed by atoms with Crippen LogP contribution in [0, 0.1) is 0 Å². The highest BCUT2D eigenvalue weighted by molar-refractivity contribution is 6.61. The lowest BCUT2D eigenvalue weighted by molar-refractivity contribution is -0.0564. The summed E-state index contributed by atoms with van der Waals surface area (Å²) in [5, 5.41) is 13.6. The first-order valence-electron chi connectivity index (χ1n) is 8.58. The van der Waals surface area contributed by atoms with Gasteiger partial charge in [0.2, 0.25) is 0 Å². The molecule has 8 nitrogen and oxygen atoms in total. The van der Waals surface area contributed by atoms with Crippen LogP contribution in [0.3, 0.4) is 0 Å². The molecule has 1 aromatic heterocycles. The van der Waals surface area contributed by atoms with Crippen molar-refractivity contribution in [3.8, 4) is 0 Å². The molecule has 2 aliphatic rings. The summed E-state index contributed by atoms with van der Waals surface area (Å²) in [6, 6.07) is -0.133.